The van der Waals surface area contributed by atoms with Gasteiger partial charge in [0.15, 0.2) is 0 Å². The van der Waals surface area contributed by atoms with Crippen LogP contribution in [0.4, 0.5) is 5.69 Å². The maximum Gasteiger partial charge on any atom is 0.335 e. The Morgan fingerprint density at radius 2 is 2.19 bits per heavy atom. The zero-order valence-corrected chi connectivity index (χ0v) is 12.5. The summed E-state index contributed by atoms with van der Waals surface area (Å²) in [7, 11) is 0. The van der Waals surface area contributed by atoms with E-state index in [1.807, 2.05) is 6.92 Å². The maximum absolute atomic E-state index is 12.3. The van der Waals surface area contributed by atoms with Crippen molar-refractivity contribution in [1.82, 2.24) is 5.32 Å². The van der Waals surface area contributed by atoms with E-state index in [-0.39, 0.29) is 17.5 Å². The highest BCUT2D eigenvalue weighted by molar-refractivity contribution is 5.97. The lowest BCUT2D eigenvalue weighted by Gasteiger charge is -2.29. The lowest BCUT2D eigenvalue weighted by atomic mass is 9.90. The first kappa shape index (κ1) is 15.5. The number of hydrogen-bond donors (Lipinski definition) is 3. The fourth-order valence-electron chi connectivity index (χ4n) is 2.68. The lowest BCUT2D eigenvalue weighted by molar-refractivity contribution is -0.119. The second-order valence-electron chi connectivity index (χ2n) is 5.63. The highest BCUT2D eigenvalue weighted by atomic mass is 16.4. The minimum Gasteiger partial charge on any atom is -0.478 e. The van der Waals surface area contributed by atoms with Gasteiger partial charge >= 0.3 is 5.97 Å². The molecule has 1 aromatic carbocycles. The van der Waals surface area contributed by atoms with Crippen molar-refractivity contribution in [2.75, 3.05) is 11.9 Å². The number of nitrogens with one attached hydrogen (secondary N) is 2. The predicted octanol–water partition coefficient (Wildman–Crippen LogP) is 2.41. The normalized spacial score (nSPS) is 21.8. The molecule has 114 valence electrons. The van der Waals surface area contributed by atoms with Crippen LogP contribution in [-0.2, 0) is 4.79 Å². The van der Waals surface area contributed by atoms with E-state index in [0.717, 1.165) is 31.4 Å². The summed E-state index contributed by atoms with van der Waals surface area (Å²) in [5.41, 5.74) is 1.61. The molecule has 1 aliphatic rings. The van der Waals surface area contributed by atoms with Crippen LogP contribution in [0.15, 0.2) is 18.2 Å². The van der Waals surface area contributed by atoms with E-state index in [1.54, 1.807) is 12.1 Å². The van der Waals surface area contributed by atoms with Gasteiger partial charge in [-0.15, -0.1) is 0 Å². The molecule has 21 heavy (non-hydrogen) atoms. The molecule has 3 N–H and O–H groups in total. The van der Waals surface area contributed by atoms with E-state index < -0.39 is 5.97 Å². The summed E-state index contributed by atoms with van der Waals surface area (Å²) >= 11 is 0. The van der Waals surface area contributed by atoms with Crippen molar-refractivity contribution in [3.63, 3.8) is 0 Å². The summed E-state index contributed by atoms with van der Waals surface area (Å²) in [6, 6.07) is 4.56. The van der Waals surface area contributed by atoms with Gasteiger partial charge in [-0.1, -0.05) is 19.4 Å². The molecule has 0 aliphatic carbocycles. The Morgan fingerprint density at radius 1 is 1.43 bits per heavy atom. The zero-order chi connectivity index (χ0) is 15.4. The lowest BCUT2D eigenvalue weighted by Crippen LogP contribution is -2.46. The van der Waals surface area contributed by atoms with Gasteiger partial charge in [0.05, 0.1) is 11.6 Å². The second-order valence-corrected chi connectivity index (χ2v) is 5.63. The third kappa shape index (κ3) is 3.82. The van der Waals surface area contributed by atoms with Crippen LogP contribution in [0.2, 0.25) is 0 Å². The molecule has 0 spiro atoms. The molecule has 5 nitrogen and oxygen atoms in total. The summed E-state index contributed by atoms with van der Waals surface area (Å²) in [6.07, 6.45) is 3.02. The molecule has 0 bridgehead atoms. The molecule has 2 atom stereocenters. The first-order valence-corrected chi connectivity index (χ1v) is 7.39. The summed E-state index contributed by atoms with van der Waals surface area (Å²) in [5.74, 6) is -0.500. The SMILES string of the molecule is CCC1CCNC(C(=O)Nc2cc(C(=O)O)ccc2C)C1. The molecule has 0 aromatic heterocycles. The number of benzene rings is 1. The molecular formula is C16H22N2O3. The fourth-order valence-corrected chi connectivity index (χ4v) is 2.68. The Kier molecular flexibility index (Phi) is 4.96. The van der Waals surface area contributed by atoms with Crippen LogP contribution < -0.4 is 10.6 Å². The predicted molar refractivity (Wildman–Crippen MR) is 81.6 cm³/mol. The minimum absolute atomic E-state index is 0.0845. The van der Waals surface area contributed by atoms with Crippen molar-refractivity contribution in [3.05, 3.63) is 29.3 Å². The van der Waals surface area contributed by atoms with Crippen molar-refractivity contribution in [2.24, 2.45) is 5.92 Å². The van der Waals surface area contributed by atoms with Crippen molar-refractivity contribution >= 4 is 17.6 Å². The molecule has 0 radical (unpaired) electrons. The number of carboxylic acid groups (broad SMARTS) is 1. The largest absolute Gasteiger partial charge is 0.478 e. The number of carbonyl (C=O) groups is 2. The highest BCUT2D eigenvalue weighted by Gasteiger charge is 2.26. The standard InChI is InChI=1S/C16H22N2O3/c1-3-11-6-7-17-14(8-11)15(19)18-13-9-12(16(20)21)5-4-10(13)2/h4-5,9,11,14,17H,3,6-8H2,1-2H3,(H,18,19)(H,20,21). The van der Waals surface area contributed by atoms with Crippen molar-refractivity contribution in [1.29, 1.82) is 0 Å². The molecule has 2 rings (SSSR count). The molecular weight excluding hydrogens is 268 g/mol. The van der Waals surface area contributed by atoms with Crippen LogP contribution in [0.1, 0.15) is 42.1 Å². The monoisotopic (exact) mass is 290 g/mol. The van der Waals surface area contributed by atoms with Gasteiger partial charge in [0, 0.05) is 5.69 Å². The summed E-state index contributed by atoms with van der Waals surface area (Å²) in [4.78, 5) is 23.4. The molecule has 1 fully saturated rings. The number of carboxylic acids is 1. The van der Waals surface area contributed by atoms with Gasteiger partial charge in [-0.2, -0.15) is 0 Å². The smallest absolute Gasteiger partial charge is 0.335 e. The number of piperidine rings is 1. The molecule has 1 aromatic rings. The van der Waals surface area contributed by atoms with E-state index in [9.17, 15) is 9.59 Å². The Bertz CT molecular complexity index is 542. The molecule has 5 heteroatoms. The van der Waals surface area contributed by atoms with Gasteiger partial charge in [0.25, 0.3) is 0 Å². The van der Waals surface area contributed by atoms with Crippen molar-refractivity contribution in [3.8, 4) is 0 Å². The number of carbonyl (C=O) groups excluding carboxylic acids is 1. The number of hydrogen-bond acceptors (Lipinski definition) is 3. The number of amides is 1. The Labute approximate surface area is 124 Å². The zero-order valence-electron chi connectivity index (χ0n) is 12.5. The van der Waals surface area contributed by atoms with E-state index in [2.05, 4.69) is 17.6 Å². The molecule has 1 heterocycles. The molecule has 1 aliphatic heterocycles. The fraction of sp³-hybridized carbons (Fsp3) is 0.500. The van der Waals surface area contributed by atoms with Crippen molar-refractivity contribution < 1.29 is 14.7 Å². The van der Waals surface area contributed by atoms with Gasteiger partial charge in [-0.25, -0.2) is 4.79 Å². The number of anilines is 1. The third-order valence-corrected chi connectivity index (χ3v) is 4.15. The van der Waals surface area contributed by atoms with Crippen LogP contribution in [0, 0.1) is 12.8 Å². The Morgan fingerprint density at radius 3 is 2.86 bits per heavy atom. The average molecular weight is 290 g/mol. The third-order valence-electron chi connectivity index (χ3n) is 4.15. The number of rotatable bonds is 4. The quantitative estimate of drug-likeness (QED) is 0.795. The number of aromatic carboxylic acids is 1. The van der Waals surface area contributed by atoms with Crippen LogP contribution in [0.5, 0.6) is 0 Å². The first-order chi connectivity index (χ1) is 10.0. The van der Waals surface area contributed by atoms with Gasteiger partial charge in [0.2, 0.25) is 5.91 Å². The van der Waals surface area contributed by atoms with Crippen LogP contribution in [-0.4, -0.2) is 29.6 Å². The van der Waals surface area contributed by atoms with Crippen molar-refractivity contribution in [2.45, 2.75) is 39.2 Å². The topological polar surface area (TPSA) is 78.4 Å². The van der Waals surface area contributed by atoms with E-state index >= 15 is 0 Å². The summed E-state index contributed by atoms with van der Waals surface area (Å²) < 4.78 is 0. The van der Waals surface area contributed by atoms with Gasteiger partial charge in [-0.05, 0) is 49.9 Å². The van der Waals surface area contributed by atoms with E-state index in [1.165, 1.54) is 6.07 Å². The second kappa shape index (κ2) is 6.72. The van der Waals surface area contributed by atoms with Crippen LogP contribution in [0.25, 0.3) is 0 Å². The maximum atomic E-state index is 12.3. The number of aryl methyl sites for hydroxylation is 1. The van der Waals surface area contributed by atoms with Crippen LogP contribution in [0.3, 0.4) is 0 Å². The van der Waals surface area contributed by atoms with Gasteiger partial charge < -0.3 is 15.7 Å². The minimum atomic E-state index is -0.993. The molecule has 2 unspecified atom stereocenters. The Hall–Kier alpha value is -1.88. The van der Waals surface area contributed by atoms with Crippen LogP contribution >= 0.6 is 0 Å². The van der Waals surface area contributed by atoms with E-state index in [0.29, 0.717) is 11.6 Å². The van der Waals surface area contributed by atoms with Gasteiger partial charge in [0.1, 0.15) is 0 Å². The van der Waals surface area contributed by atoms with Gasteiger partial charge in [-0.3, -0.25) is 4.79 Å². The first-order valence-electron chi connectivity index (χ1n) is 7.39. The molecule has 1 saturated heterocycles. The highest BCUT2D eigenvalue weighted by Crippen LogP contribution is 2.22. The average Bonchev–Trinajstić information content (AvgIpc) is 2.49. The Balaban J connectivity index is 2.08. The molecule has 0 saturated carbocycles. The van der Waals surface area contributed by atoms with E-state index in [4.69, 9.17) is 5.11 Å². The molecule has 1 amide bonds. The summed E-state index contributed by atoms with van der Waals surface area (Å²) in [5, 5.41) is 15.1. The summed E-state index contributed by atoms with van der Waals surface area (Å²) in [6.45, 7) is 4.85.